The van der Waals surface area contributed by atoms with Crippen LogP contribution in [0.5, 0.6) is 0 Å². The van der Waals surface area contributed by atoms with Gasteiger partial charge >= 0.3 is 0 Å². The summed E-state index contributed by atoms with van der Waals surface area (Å²) in [5, 5.41) is 11.3. The molecular formula is C16H29N7O2S. The first-order valence-electron chi connectivity index (χ1n) is 9.18. The van der Waals surface area contributed by atoms with Crippen LogP contribution >= 0.6 is 0 Å². The van der Waals surface area contributed by atoms with Crippen molar-refractivity contribution in [1.29, 1.82) is 0 Å². The highest BCUT2D eigenvalue weighted by Crippen LogP contribution is 2.18. The zero-order valence-corrected chi connectivity index (χ0v) is 16.6. The molecule has 1 aromatic rings. The second-order valence-corrected chi connectivity index (χ2v) is 9.18. The molecule has 3 heterocycles. The summed E-state index contributed by atoms with van der Waals surface area (Å²) >= 11 is 0. The van der Waals surface area contributed by atoms with Crippen LogP contribution in [0.25, 0.3) is 0 Å². The fourth-order valence-corrected chi connectivity index (χ4v) is 4.50. The molecule has 1 saturated heterocycles. The lowest BCUT2D eigenvalue weighted by molar-refractivity contribution is 0.274. The Morgan fingerprint density at radius 3 is 2.69 bits per heavy atom. The van der Waals surface area contributed by atoms with Crippen molar-refractivity contribution in [2.75, 3.05) is 32.9 Å². The Morgan fingerprint density at radius 2 is 2.04 bits per heavy atom. The number of guanidine groups is 1. The first-order chi connectivity index (χ1) is 12.3. The van der Waals surface area contributed by atoms with E-state index < -0.39 is 10.0 Å². The monoisotopic (exact) mass is 383 g/mol. The average Bonchev–Trinajstić information content (AvgIpc) is 2.97. The summed E-state index contributed by atoms with van der Waals surface area (Å²) in [5.41, 5.74) is 0. The van der Waals surface area contributed by atoms with Crippen molar-refractivity contribution >= 4 is 16.0 Å². The van der Waals surface area contributed by atoms with Crippen LogP contribution in [0.2, 0.25) is 0 Å². The van der Waals surface area contributed by atoms with E-state index >= 15 is 0 Å². The minimum absolute atomic E-state index is 0.280. The van der Waals surface area contributed by atoms with E-state index in [0.29, 0.717) is 19.0 Å². The number of rotatable bonds is 4. The van der Waals surface area contributed by atoms with Gasteiger partial charge in [-0.25, -0.2) is 22.4 Å². The molecule has 0 aliphatic carbocycles. The number of nitrogens with zero attached hydrogens (tertiary/aromatic N) is 5. The molecule has 1 aromatic heterocycles. The standard InChI is InChI=1S/C16H29N7O2S/c1-12-19-15-5-4-14(11-23(15)21-12)20-16(17-2)18-10-13-6-8-22(9-7-13)26(3,24)25/h13-14H,4-11H2,1-3H3,(H2,17,18,20). The van der Waals surface area contributed by atoms with Crippen LogP contribution < -0.4 is 10.6 Å². The molecule has 1 unspecified atom stereocenters. The van der Waals surface area contributed by atoms with Gasteiger partial charge in [-0.2, -0.15) is 5.10 Å². The molecule has 2 N–H and O–H groups in total. The molecule has 2 aliphatic heterocycles. The van der Waals surface area contributed by atoms with Crippen LogP contribution in [0.4, 0.5) is 0 Å². The fraction of sp³-hybridized carbons (Fsp3) is 0.812. The third-order valence-corrected chi connectivity index (χ3v) is 6.43. The zero-order chi connectivity index (χ0) is 18.7. The van der Waals surface area contributed by atoms with E-state index in [1.165, 1.54) is 6.26 Å². The highest BCUT2D eigenvalue weighted by Gasteiger charge is 2.25. The summed E-state index contributed by atoms with van der Waals surface area (Å²) in [7, 11) is -1.29. The Balaban J connectivity index is 1.45. The van der Waals surface area contributed by atoms with Gasteiger partial charge in [0.25, 0.3) is 0 Å². The number of hydrogen-bond acceptors (Lipinski definition) is 5. The van der Waals surface area contributed by atoms with Crippen molar-refractivity contribution in [3.8, 4) is 0 Å². The minimum atomic E-state index is -3.06. The Bertz CT molecular complexity index is 751. The van der Waals surface area contributed by atoms with E-state index in [0.717, 1.165) is 56.4 Å². The molecule has 0 spiro atoms. The molecule has 3 rings (SSSR count). The quantitative estimate of drug-likeness (QED) is 0.548. The van der Waals surface area contributed by atoms with Crippen LogP contribution in [-0.2, 0) is 23.0 Å². The Morgan fingerprint density at radius 1 is 1.31 bits per heavy atom. The number of nitrogens with one attached hydrogen (secondary N) is 2. The molecule has 10 heteroatoms. The topological polar surface area (TPSA) is 105 Å². The number of aliphatic imine (C=N–C) groups is 1. The maximum Gasteiger partial charge on any atom is 0.211 e. The number of aryl methyl sites for hydroxylation is 2. The first kappa shape index (κ1) is 19.1. The number of sulfonamides is 1. The van der Waals surface area contributed by atoms with Gasteiger partial charge in [0, 0.05) is 39.1 Å². The number of aromatic nitrogens is 3. The molecule has 9 nitrogen and oxygen atoms in total. The number of piperidine rings is 1. The van der Waals surface area contributed by atoms with Crippen molar-refractivity contribution in [3.63, 3.8) is 0 Å². The van der Waals surface area contributed by atoms with Gasteiger partial charge in [0.1, 0.15) is 11.6 Å². The van der Waals surface area contributed by atoms with Gasteiger partial charge in [-0.3, -0.25) is 4.99 Å². The summed E-state index contributed by atoms with van der Waals surface area (Å²) in [4.78, 5) is 8.76. The summed E-state index contributed by atoms with van der Waals surface area (Å²) in [6.45, 7) is 4.73. The minimum Gasteiger partial charge on any atom is -0.356 e. The van der Waals surface area contributed by atoms with Crippen LogP contribution in [0, 0.1) is 12.8 Å². The maximum atomic E-state index is 11.6. The predicted molar refractivity (Wildman–Crippen MR) is 101 cm³/mol. The van der Waals surface area contributed by atoms with Crippen LogP contribution in [0.1, 0.15) is 30.9 Å². The fourth-order valence-electron chi connectivity index (χ4n) is 3.63. The van der Waals surface area contributed by atoms with Gasteiger partial charge in [-0.1, -0.05) is 0 Å². The lowest BCUT2D eigenvalue weighted by atomic mass is 9.98. The lowest BCUT2D eigenvalue weighted by Gasteiger charge is -2.31. The first-order valence-corrected chi connectivity index (χ1v) is 11.0. The van der Waals surface area contributed by atoms with Crippen LogP contribution in [0.15, 0.2) is 4.99 Å². The Hall–Kier alpha value is -1.68. The van der Waals surface area contributed by atoms with E-state index in [9.17, 15) is 8.42 Å². The predicted octanol–water partition coefficient (Wildman–Crippen LogP) is -0.262. The van der Waals surface area contributed by atoms with Crippen LogP contribution in [-0.4, -0.2) is 72.4 Å². The van der Waals surface area contributed by atoms with Crippen molar-refractivity contribution in [2.45, 2.75) is 45.2 Å². The van der Waals surface area contributed by atoms with Gasteiger partial charge in [0.2, 0.25) is 10.0 Å². The summed E-state index contributed by atoms with van der Waals surface area (Å²) in [5.74, 6) is 3.13. The van der Waals surface area contributed by atoms with E-state index in [4.69, 9.17) is 0 Å². The number of fused-ring (bicyclic) bond motifs is 1. The van der Waals surface area contributed by atoms with Gasteiger partial charge in [0.15, 0.2) is 5.96 Å². The summed E-state index contributed by atoms with van der Waals surface area (Å²) < 4.78 is 26.7. The maximum absolute atomic E-state index is 11.6. The molecule has 0 bridgehead atoms. The van der Waals surface area contributed by atoms with Crippen molar-refractivity contribution in [3.05, 3.63) is 11.6 Å². The third kappa shape index (κ3) is 4.73. The summed E-state index contributed by atoms with van der Waals surface area (Å²) in [6.07, 6.45) is 4.96. The molecule has 0 amide bonds. The zero-order valence-electron chi connectivity index (χ0n) is 15.8. The van der Waals surface area contributed by atoms with Gasteiger partial charge < -0.3 is 10.6 Å². The molecule has 2 aliphatic rings. The number of hydrogen-bond donors (Lipinski definition) is 2. The van der Waals surface area contributed by atoms with Crippen molar-refractivity contribution in [2.24, 2.45) is 10.9 Å². The van der Waals surface area contributed by atoms with Crippen molar-refractivity contribution in [1.82, 2.24) is 29.7 Å². The summed E-state index contributed by atoms with van der Waals surface area (Å²) in [6, 6.07) is 0.280. The molecule has 0 radical (unpaired) electrons. The van der Waals surface area contributed by atoms with E-state index in [1.807, 2.05) is 11.6 Å². The van der Waals surface area contributed by atoms with E-state index in [2.05, 4.69) is 25.7 Å². The molecule has 0 saturated carbocycles. The highest BCUT2D eigenvalue weighted by atomic mass is 32.2. The van der Waals surface area contributed by atoms with Crippen LogP contribution in [0.3, 0.4) is 0 Å². The molecule has 0 aromatic carbocycles. The van der Waals surface area contributed by atoms with E-state index in [1.54, 1.807) is 11.4 Å². The largest absolute Gasteiger partial charge is 0.356 e. The van der Waals surface area contributed by atoms with E-state index in [-0.39, 0.29) is 6.04 Å². The second kappa shape index (κ2) is 7.91. The highest BCUT2D eigenvalue weighted by molar-refractivity contribution is 7.88. The molecule has 1 atom stereocenters. The molecule has 146 valence electrons. The van der Waals surface area contributed by atoms with Gasteiger partial charge in [0.05, 0.1) is 12.8 Å². The SMILES string of the molecule is CN=C(NCC1CCN(S(C)(=O)=O)CC1)NC1CCc2nc(C)nn2C1. The Labute approximate surface area is 155 Å². The second-order valence-electron chi connectivity index (χ2n) is 7.20. The normalized spacial score (nSPS) is 22.9. The molecule has 26 heavy (non-hydrogen) atoms. The molecular weight excluding hydrogens is 354 g/mol. The third-order valence-electron chi connectivity index (χ3n) is 5.13. The smallest absolute Gasteiger partial charge is 0.211 e. The Kier molecular flexibility index (Phi) is 5.81. The average molecular weight is 384 g/mol. The van der Waals surface area contributed by atoms with Crippen molar-refractivity contribution < 1.29 is 8.42 Å². The lowest BCUT2D eigenvalue weighted by Crippen LogP contribution is -2.49. The van der Waals surface area contributed by atoms with Gasteiger partial charge in [-0.15, -0.1) is 0 Å². The molecule has 1 fully saturated rings. The van der Waals surface area contributed by atoms with Gasteiger partial charge in [-0.05, 0) is 32.1 Å².